The first-order valence-corrected chi connectivity index (χ1v) is 9.98. The van der Waals surface area contributed by atoms with Crippen molar-refractivity contribution in [1.82, 2.24) is 0 Å². The zero-order valence-corrected chi connectivity index (χ0v) is 17.3. The number of rotatable bonds is 6. The van der Waals surface area contributed by atoms with Gasteiger partial charge in [0.05, 0.1) is 4.91 Å². The lowest BCUT2D eigenvalue weighted by Gasteiger charge is -2.20. The maximum atomic E-state index is 11.8. The van der Waals surface area contributed by atoms with E-state index in [-0.39, 0.29) is 22.7 Å². The second kappa shape index (κ2) is 8.65. The SMILES string of the molecule is CC(C)/C=C(/C(=C(Br)\C(=C\Br)C(C)C)C(C)C)S(=O)(=O)O. The van der Waals surface area contributed by atoms with Crippen LogP contribution in [0.25, 0.3) is 0 Å². The van der Waals surface area contributed by atoms with Crippen LogP contribution in [0.5, 0.6) is 0 Å². The van der Waals surface area contributed by atoms with E-state index in [1.807, 2.05) is 41.5 Å². The summed E-state index contributed by atoms with van der Waals surface area (Å²) < 4.78 is 33.9. The molecule has 0 amide bonds. The maximum absolute atomic E-state index is 11.8. The fourth-order valence-corrected chi connectivity index (χ4v) is 5.35. The van der Waals surface area contributed by atoms with Gasteiger partial charge in [0.1, 0.15) is 0 Å². The van der Waals surface area contributed by atoms with E-state index in [2.05, 4.69) is 31.9 Å². The minimum atomic E-state index is -4.29. The Bertz CT molecular complexity index is 553. The summed E-state index contributed by atoms with van der Waals surface area (Å²) in [5.41, 5.74) is 1.53. The summed E-state index contributed by atoms with van der Waals surface area (Å²) in [5.74, 6) is 0.146. The molecule has 0 rings (SSSR count). The van der Waals surface area contributed by atoms with Crippen LogP contribution in [-0.4, -0.2) is 13.0 Å². The molecule has 0 aromatic rings. The molecule has 0 bridgehead atoms. The predicted octanol–water partition coefficient (Wildman–Crippen LogP) is 5.65. The number of hydrogen-bond acceptors (Lipinski definition) is 2. The Hall–Kier alpha value is 0.0900. The zero-order valence-electron chi connectivity index (χ0n) is 13.3. The van der Waals surface area contributed by atoms with Crippen molar-refractivity contribution in [2.45, 2.75) is 41.5 Å². The van der Waals surface area contributed by atoms with Crippen molar-refractivity contribution in [3.63, 3.8) is 0 Å². The van der Waals surface area contributed by atoms with Crippen LogP contribution in [0, 0.1) is 17.8 Å². The lowest BCUT2D eigenvalue weighted by molar-refractivity contribution is 0.489. The standard InChI is InChI=1S/C15H24Br2O3S/c1-9(2)7-13(21(18,19)20)14(11(5)6)15(17)12(8-16)10(3)4/h7-11H,1-6H3,(H,18,19,20)/b12-8+,13-7-,15-14+. The van der Waals surface area contributed by atoms with Crippen molar-refractivity contribution in [3.05, 3.63) is 31.6 Å². The van der Waals surface area contributed by atoms with Gasteiger partial charge in [-0.15, -0.1) is 0 Å². The summed E-state index contributed by atoms with van der Waals surface area (Å²) in [5, 5.41) is 0. The van der Waals surface area contributed by atoms with Crippen LogP contribution < -0.4 is 0 Å². The lowest BCUT2D eigenvalue weighted by Crippen LogP contribution is -2.13. The molecule has 0 saturated carbocycles. The monoisotopic (exact) mass is 442 g/mol. The summed E-state index contributed by atoms with van der Waals surface area (Å²) in [4.78, 5) is 1.76. The zero-order chi connectivity index (χ0) is 17.0. The second-order valence-electron chi connectivity index (χ2n) is 5.85. The first-order chi connectivity index (χ1) is 9.43. The first-order valence-electron chi connectivity index (χ1n) is 6.83. The van der Waals surface area contributed by atoms with Crippen LogP contribution in [0.2, 0.25) is 0 Å². The topological polar surface area (TPSA) is 54.4 Å². The van der Waals surface area contributed by atoms with Crippen molar-refractivity contribution < 1.29 is 13.0 Å². The van der Waals surface area contributed by atoms with Gasteiger partial charge in [-0.2, -0.15) is 8.42 Å². The molecule has 0 aliphatic heterocycles. The van der Waals surface area contributed by atoms with Crippen LogP contribution in [0.15, 0.2) is 31.6 Å². The van der Waals surface area contributed by atoms with Gasteiger partial charge in [-0.05, 0) is 33.9 Å². The molecule has 122 valence electrons. The van der Waals surface area contributed by atoms with Crippen molar-refractivity contribution in [2.24, 2.45) is 17.8 Å². The lowest BCUT2D eigenvalue weighted by atomic mass is 9.95. The molecular weight excluding hydrogens is 420 g/mol. The smallest absolute Gasteiger partial charge is 0.282 e. The van der Waals surface area contributed by atoms with Crippen LogP contribution in [0.1, 0.15) is 41.5 Å². The molecule has 0 unspecified atom stereocenters. The van der Waals surface area contributed by atoms with E-state index in [0.29, 0.717) is 10.1 Å². The quantitative estimate of drug-likeness (QED) is 0.425. The van der Waals surface area contributed by atoms with Crippen molar-refractivity contribution >= 4 is 42.0 Å². The van der Waals surface area contributed by atoms with Crippen LogP contribution in [-0.2, 0) is 10.1 Å². The third kappa shape index (κ3) is 6.38. The highest BCUT2D eigenvalue weighted by Crippen LogP contribution is 2.37. The average Bonchev–Trinajstić information content (AvgIpc) is 2.26. The molecule has 0 radical (unpaired) electrons. The van der Waals surface area contributed by atoms with Crippen molar-refractivity contribution in [3.8, 4) is 0 Å². The fourth-order valence-electron chi connectivity index (χ4n) is 1.85. The van der Waals surface area contributed by atoms with Gasteiger partial charge >= 0.3 is 0 Å². The number of halogens is 2. The molecular formula is C15H24Br2O3S. The Labute approximate surface area is 145 Å². The Morgan fingerprint density at radius 3 is 1.76 bits per heavy atom. The van der Waals surface area contributed by atoms with Gasteiger partial charge in [0, 0.05) is 4.48 Å². The summed E-state index contributed by atoms with van der Waals surface area (Å²) in [6, 6.07) is 0. The molecule has 0 heterocycles. The molecule has 0 aromatic heterocycles. The highest BCUT2D eigenvalue weighted by molar-refractivity contribution is 9.12. The molecule has 0 fully saturated rings. The molecule has 1 N–H and O–H groups in total. The van der Waals surface area contributed by atoms with E-state index in [0.717, 1.165) is 5.57 Å². The maximum Gasteiger partial charge on any atom is 0.294 e. The fraction of sp³-hybridized carbons (Fsp3) is 0.600. The highest BCUT2D eigenvalue weighted by Gasteiger charge is 2.26. The van der Waals surface area contributed by atoms with E-state index < -0.39 is 10.1 Å². The van der Waals surface area contributed by atoms with Crippen molar-refractivity contribution in [1.29, 1.82) is 0 Å². The summed E-state index contributed by atoms with van der Waals surface area (Å²) in [6.45, 7) is 11.6. The second-order valence-corrected chi connectivity index (χ2v) is 8.49. The molecule has 0 aliphatic rings. The van der Waals surface area contributed by atoms with Crippen LogP contribution in [0.4, 0.5) is 0 Å². The molecule has 3 nitrogen and oxygen atoms in total. The summed E-state index contributed by atoms with van der Waals surface area (Å²) >= 11 is 6.85. The Kier molecular flexibility index (Phi) is 8.69. The van der Waals surface area contributed by atoms with Gasteiger partial charge in [0.15, 0.2) is 0 Å². The van der Waals surface area contributed by atoms with E-state index in [1.165, 1.54) is 0 Å². The minimum absolute atomic E-state index is 0.00595. The average molecular weight is 444 g/mol. The van der Waals surface area contributed by atoms with Gasteiger partial charge in [0.25, 0.3) is 10.1 Å². The molecule has 6 heteroatoms. The largest absolute Gasteiger partial charge is 0.294 e. The highest BCUT2D eigenvalue weighted by atomic mass is 79.9. The summed E-state index contributed by atoms with van der Waals surface area (Å²) in [7, 11) is -4.29. The predicted molar refractivity (Wildman–Crippen MR) is 97.1 cm³/mol. The molecule has 0 aromatic carbocycles. The van der Waals surface area contributed by atoms with Crippen LogP contribution >= 0.6 is 31.9 Å². The van der Waals surface area contributed by atoms with Gasteiger partial charge in [-0.1, -0.05) is 79.5 Å². The molecule has 0 saturated heterocycles. The normalized spacial score (nSPS) is 16.0. The Morgan fingerprint density at radius 1 is 1.05 bits per heavy atom. The van der Waals surface area contributed by atoms with Gasteiger partial charge in [0.2, 0.25) is 0 Å². The summed E-state index contributed by atoms with van der Waals surface area (Å²) in [6.07, 6.45) is 1.58. The van der Waals surface area contributed by atoms with E-state index in [9.17, 15) is 13.0 Å². The van der Waals surface area contributed by atoms with Gasteiger partial charge in [-0.25, -0.2) is 0 Å². The number of allylic oxidation sites excluding steroid dienone is 4. The van der Waals surface area contributed by atoms with Crippen molar-refractivity contribution in [2.75, 3.05) is 0 Å². The number of hydrogen-bond donors (Lipinski definition) is 1. The Balaban J connectivity index is 6.48. The van der Waals surface area contributed by atoms with Crippen LogP contribution in [0.3, 0.4) is 0 Å². The molecule has 0 spiro atoms. The molecule has 0 atom stereocenters. The minimum Gasteiger partial charge on any atom is -0.282 e. The first kappa shape index (κ1) is 21.1. The molecule has 21 heavy (non-hydrogen) atoms. The van der Waals surface area contributed by atoms with E-state index in [1.54, 1.807) is 11.1 Å². The Morgan fingerprint density at radius 2 is 1.52 bits per heavy atom. The third-order valence-electron chi connectivity index (χ3n) is 2.83. The van der Waals surface area contributed by atoms with E-state index >= 15 is 0 Å². The van der Waals surface area contributed by atoms with E-state index in [4.69, 9.17) is 0 Å². The molecule has 0 aliphatic carbocycles. The third-order valence-corrected chi connectivity index (χ3v) is 5.12. The van der Waals surface area contributed by atoms with Gasteiger partial charge < -0.3 is 0 Å². The van der Waals surface area contributed by atoms with Gasteiger partial charge in [-0.3, -0.25) is 4.55 Å².